The fourth-order valence-electron chi connectivity index (χ4n) is 2.84. The van der Waals surface area contributed by atoms with Gasteiger partial charge in [0, 0.05) is 6.07 Å². The van der Waals surface area contributed by atoms with Gasteiger partial charge in [-0.3, -0.25) is 29.4 Å². The van der Waals surface area contributed by atoms with E-state index in [0.29, 0.717) is 29.5 Å². The molecule has 0 spiro atoms. The van der Waals surface area contributed by atoms with Crippen molar-refractivity contribution in [1.29, 1.82) is 0 Å². The number of esters is 1. The van der Waals surface area contributed by atoms with Crippen molar-refractivity contribution in [3.8, 4) is 11.5 Å². The van der Waals surface area contributed by atoms with Crippen LogP contribution in [0.1, 0.15) is 18.1 Å². The van der Waals surface area contributed by atoms with Gasteiger partial charge in [0.1, 0.15) is 12.3 Å². The van der Waals surface area contributed by atoms with Crippen LogP contribution in [0.4, 0.5) is 23.7 Å². The highest BCUT2D eigenvalue weighted by molar-refractivity contribution is 8.18. The third-order valence-corrected chi connectivity index (χ3v) is 5.24. The van der Waals surface area contributed by atoms with Gasteiger partial charge < -0.3 is 9.47 Å². The number of nitrogens with zero attached hydrogens (tertiary/aromatic N) is 2. The van der Waals surface area contributed by atoms with Gasteiger partial charge in [-0.25, -0.2) is 0 Å². The number of thioether (sulfide) groups is 1. The number of nitro groups is 1. The number of imide groups is 1. The quantitative estimate of drug-likeness (QED) is 0.227. The molecule has 2 amide bonds. The Morgan fingerprint density at radius 2 is 1.94 bits per heavy atom. The summed E-state index contributed by atoms with van der Waals surface area (Å²) in [5.41, 5.74) is -1.70. The molecule has 1 aliphatic rings. The number of benzene rings is 2. The lowest BCUT2D eigenvalue weighted by molar-refractivity contribution is -0.385. The van der Waals surface area contributed by atoms with E-state index in [0.717, 1.165) is 11.0 Å². The molecule has 0 bridgehead atoms. The number of alkyl halides is 3. The van der Waals surface area contributed by atoms with Crippen LogP contribution in [0.3, 0.4) is 0 Å². The molecule has 1 aliphatic heterocycles. The van der Waals surface area contributed by atoms with Crippen LogP contribution in [0.25, 0.3) is 6.08 Å². The van der Waals surface area contributed by atoms with Crippen molar-refractivity contribution in [2.24, 2.45) is 0 Å². The number of amides is 2. The second kappa shape index (κ2) is 9.95. The van der Waals surface area contributed by atoms with Crippen LogP contribution < -0.4 is 4.74 Å². The highest BCUT2D eigenvalue weighted by Gasteiger charge is 2.37. The second-order valence-electron chi connectivity index (χ2n) is 6.68. The summed E-state index contributed by atoms with van der Waals surface area (Å²) in [6.45, 7) is 1.14. The summed E-state index contributed by atoms with van der Waals surface area (Å²) in [6.07, 6.45) is -3.41. The van der Waals surface area contributed by atoms with E-state index in [4.69, 9.17) is 9.47 Å². The Hall–Kier alpha value is -3.87. The van der Waals surface area contributed by atoms with E-state index in [9.17, 15) is 37.7 Å². The number of ether oxygens (including phenoxy) is 2. The Morgan fingerprint density at radius 1 is 1.21 bits per heavy atom. The minimum atomic E-state index is -4.76. The zero-order valence-corrected chi connectivity index (χ0v) is 18.1. The lowest BCUT2D eigenvalue weighted by Crippen LogP contribution is -2.34. The van der Waals surface area contributed by atoms with Crippen molar-refractivity contribution in [3.05, 3.63) is 68.6 Å². The molecule has 0 N–H and O–H groups in total. The third-order valence-electron chi connectivity index (χ3n) is 4.33. The first-order valence-electron chi connectivity index (χ1n) is 9.54. The molecule has 0 unspecified atom stereocenters. The Kier molecular flexibility index (Phi) is 7.25. The highest BCUT2D eigenvalue weighted by Crippen LogP contribution is 2.38. The molecule has 3 rings (SSSR count). The molecule has 13 heteroatoms. The number of rotatable bonds is 7. The molecule has 1 fully saturated rings. The molecular weight excluding hydrogens is 481 g/mol. The number of halogens is 3. The summed E-state index contributed by atoms with van der Waals surface area (Å²) in [5.74, 6) is -1.81. The molecule has 1 heterocycles. The molecule has 0 aliphatic carbocycles. The molecule has 2 aromatic rings. The molecule has 9 nitrogen and oxygen atoms in total. The van der Waals surface area contributed by atoms with E-state index in [1.165, 1.54) is 24.3 Å². The SMILES string of the molecule is CCOC(=O)CN1C(=O)S/C(=C\c2cccc(Oc3ccc(C(F)(F)F)cc3[N+](=O)[O-])c2)C1=O. The fraction of sp³-hybridized carbons (Fsp3) is 0.190. The fourth-order valence-corrected chi connectivity index (χ4v) is 3.68. The van der Waals surface area contributed by atoms with Gasteiger partial charge in [0.25, 0.3) is 11.1 Å². The summed E-state index contributed by atoms with van der Waals surface area (Å²) >= 11 is 0.611. The molecule has 178 valence electrons. The van der Waals surface area contributed by atoms with Crippen molar-refractivity contribution in [1.82, 2.24) is 4.90 Å². The van der Waals surface area contributed by atoms with Gasteiger partial charge >= 0.3 is 17.8 Å². The number of hydrogen-bond donors (Lipinski definition) is 0. The zero-order chi connectivity index (χ0) is 25.0. The predicted octanol–water partition coefficient (Wildman–Crippen LogP) is 5.01. The summed E-state index contributed by atoms with van der Waals surface area (Å²) < 4.78 is 48.8. The summed E-state index contributed by atoms with van der Waals surface area (Å²) in [4.78, 5) is 47.2. The Labute approximate surface area is 194 Å². The van der Waals surface area contributed by atoms with Crippen molar-refractivity contribution in [3.63, 3.8) is 0 Å². The van der Waals surface area contributed by atoms with E-state index >= 15 is 0 Å². The van der Waals surface area contributed by atoms with Gasteiger partial charge in [0.15, 0.2) is 0 Å². The van der Waals surface area contributed by atoms with Crippen molar-refractivity contribution in [2.75, 3.05) is 13.2 Å². The van der Waals surface area contributed by atoms with Crippen molar-refractivity contribution in [2.45, 2.75) is 13.1 Å². The van der Waals surface area contributed by atoms with Crippen LogP contribution in [0, 0.1) is 10.1 Å². The molecule has 0 saturated carbocycles. The topological polar surface area (TPSA) is 116 Å². The normalized spacial score (nSPS) is 15.1. The zero-order valence-electron chi connectivity index (χ0n) is 17.3. The molecule has 0 radical (unpaired) electrons. The molecule has 0 aromatic heterocycles. The van der Waals surface area contributed by atoms with Crippen LogP contribution >= 0.6 is 11.8 Å². The Morgan fingerprint density at radius 3 is 2.59 bits per heavy atom. The van der Waals surface area contributed by atoms with E-state index in [1.54, 1.807) is 13.0 Å². The highest BCUT2D eigenvalue weighted by atomic mass is 32.2. The Bertz CT molecular complexity index is 1200. The average molecular weight is 496 g/mol. The number of nitro benzene ring substituents is 1. The maximum absolute atomic E-state index is 12.9. The predicted molar refractivity (Wildman–Crippen MR) is 114 cm³/mol. The van der Waals surface area contributed by atoms with Gasteiger partial charge in [-0.2, -0.15) is 13.2 Å². The van der Waals surface area contributed by atoms with E-state index in [2.05, 4.69) is 0 Å². The minimum Gasteiger partial charge on any atom is -0.465 e. The molecule has 2 aromatic carbocycles. The number of hydrogen-bond acceptors (Lipinski definition) is 8. The molecule has 0 atom stereocenters. The van der Waals surface area contributed by atoms with E-state index < -0.39 is 51.8 Å². The first-order valence-corrected chi connectivity index (χ1v) is 10.4. The van der Waals surface area contributed by atoms with Crippen molar-refractivity contribution >= 4 is 40.6 Å². The molecule has 34 heavy (non-hydrogen) atoms. The van der Waals surface area contributed by atoms with Gasteiger partial charge in [0.05, 0.1) is 22.0 Å². The molecular formula is C21H15F3N2O7S. The van der Waals surface area contributed by atoms with Crippen molar-refractivity contribution < 1.29 is 42.0 Å². The average Bonchev–Trinajstić information content (AvgIpc) is 3.01. The lowest BCUT2D eigenvalue weighted by Gasteiger charge is -2.11. The van der Waals surface area contributed by atoms with E-state index in [-0.39, 0.29) is 17.3 Å². The summed E-state index contributed by atoms with van der Waals surface area (Å²) in [6, 6.07) is 7.69. The van der Waals surface area contributed by atoms with Crippen LogP contribution in [0.2, 0.25) is 0 Å². The smallest absolute Gasteiger partial charge is 0.416 e. The summed E-state index contributed by atoms with van der Waals surface area (Å²) in [5, 5.41) is 10.6. The molecule has 1 saturated heterocycles. The van der Waals surface area contributed by atoms with Crippen LogP contribution in [0.15, 0.2) is 47.4 Å². The first kappa shape index (κ1) is 24.8. The maximum atomic E-state index is 12.9. The van der Waals surface area contributed by atoms with Gasteiger partial charge in [-0.15, -0.1) is 0 Å². The van der Waals surface area contributed by atoms with Gasteiger partial charge in [0.2, 0.25) is 5.75 Å². The van der Waals surface area contributed by atoms with E-state index in [1.807, 2.05) is 0 Å². The maximum Gasteiger partial charge on any atom is 0.416 e. The number of carbonyl (C=O) groups is 3. The van der Waals surface area contributed by atoms with Crippen LogP contribution in [-0.4, -0.2) is 40.1 Å². The third kappa shape index (κ3) is 5.73. The largest absolute Gasteiger partial charge is 0.465 e. The standard InChI is InChI=1S/C21H15F3N2O7S/c1-2-32-18(27)11-25-19(28)17(34-20(25)29)9-12-4-3-5-14(8-12)33-16-7-6-13(21(22,23)24)10-15(16)26(30)31/h3-10H,2,11H2,1H3/b17-9-. The first-order chi connectivity index (χ1) is 16.0. The van der Waals surface area contributed by atoms with Crippen LogP contribution in [-0.2, 0) is 20.5 Å². The van der Waals surface area contributed by atoms with Gasteiger partial charge in [-0.05, 0) is 54.6 Å². The van der Waals surface area contributed by atoms with Gasteiger partial charge in [-0.1, -0.05) is 12.1 Å². The minimum absolute atomic E-state index is 0.0203. The number of carbonyl (C=O) groups excluding carboxylic acids is 3. The lowest BCUT2D eigenvalue weighted by atomic mass is 10.1. The Balaban J connectivity index is 1.83. The monoisotopic (exact) mass is 496 g/mol. The second-order valence-corrected chi connectivity index (χ2v) is 7.68. The van der Waals surface area contributed by atoms with Crippen LogP contribution in [0.5, 0.6) is 11.5 Å². The summed E-state index contributed by atoms with van der Waals surface area (Å²) in [7, 11) is 0.